The average Bonchev–Trinajstić information content (AvgIpc) is 2.40. The standard InChI is InChI=1S/C16H32N2/c1-13-8-10-16(12-17,11-9-13)18(3)15-7-5-4-6-14(15)2/h13-15H,4-12,17H2,1-3H3. The molecule has 2 atom stereocenters. The molecule has 2 rings (SSSR count). The van der Waals surface area contributed by atoms with Crippen LogP contribution in [0, 0.1) is 11.8 Å². The highest BCUT2D eigenvalue weighted by Crippen LogP contribution is 2.39. The summed E-state index contributed by atoms with van der Waals surface area (Å²) in [6.45, 7) is 5.68. The summed E-state index contributed by atoms with van der Waals surface area (Å²) in [5.41, 5.74) is 6.50. The Balaban J connectivity index is 2.06. The van der Waals surface area contributed by atoms with Gasteiger partial charge in [-0.25, -0.2) is 0 Å². The van der Waals surface area contributed by atoms with Crippen LogP contribution in [0.3, 0.4) is 0 Å². The molecule has 2 nitrogen and oxygen atoms in total. The van der Waals surface area contributed by atoms with Gasteiger partial charge >= 0.3 is 0 Å². The van der Waals surface area contributed by atoms with E-state index in [1.54, 1.807) is 0 Å². The van der Waals surface area contributed by atoms with Gasteiger partial charge in [-0.05, 0) is 57.4 Å². The van der Waals surface area contributed by atoms with Gasteiger partial charge < -0.3 is 5.73 Å². The highest BCUT2D eigenvalue weighted by atomic mass is 15.2. The van der Waals surface area contributed by atoms with E-state index in [9.17, 15) is 0 Å². The van der Waals surface area contributed by atoms with Gasteiger partial charge in [0.25, 0.3) is 0 Å². The van der Waals surface area contributed by atoms with Crippen LogP contribution in [0.2, 0.25) is 0 Å². The minimum absolute atomic E-state index is 0.308. The van der Waals surface area contributed by atoms with E-state index in [1.807, 2.05) is 0 Å². The summed E-state index contributed by atoms with van der Waals surface area (Å²) < 4.78 is 0. The average molecular weight is 252 g/mol. The first-order chi connectivity index (χ1) is 8.59. The molecular formula is C16H32N2. The molecule has 2 aliphatic rings. The van der Waals surface area contributed by atoms with E-state index in [0.29, 0.717) is 5.54 Å². The highest BCUT2D eigenvalue weighted by Gasteiger charge is 2.41. The molecule has 2 heteroatoms. The van der Waals surface area contributed by atoms with Crippen molar-refractivity contribution in [1.29, 1.82) is 0 Å². The quantitative estimate of drug-likeness (QED) is 0.834. The van der Waals surface area contributed by atoms with E-state index < -0.39 is 0 Å². The van der Waals surface area contributed by atoms with E-state index in [4.69, 9.17) is 5.73 Å². The van der Waals surface area contributed by atoms with Crippen molar-refractivity contribution in [2.45, 2.75) is 76.8 Å². The molecule has 2 aliphatic carbocycles. The monoisotopic (exact) mass is 252 g/mol. The van der Waals surface area contributed by atoms with Crippen molar-refractivity contribution in [2.75, 3.05) is 13.6 Å². The zero-order valence-electron chi connectivity index (χ0n) is 12.6. The van der Waals surface area contributed by atoms with Gasteiger partial charge in [0.1, 0.15) is 0 Å². The largest absolute Gasteiger partial charge is 0.329 e. The van der Waals surface area contributed by atoms with Crippen LogP contribution >= 0.6 is 0 Å². The van der Waals surface area contributed by atoms with Crippen molar-refractivity contribution in [1.82, 2.24) is 4.90 Å². The van der Waals surface area contributed by atoms with Gasteiger partial charge in [0.2, 0.25) is 0 Å². The SMILES string of the molecule is CC1CCC(CN)(N(C)C2CCCCC2C)CC1. The Morgan fingerprint density at radius 2 is 1.67 bits per heavy atom. The van der Waals surface area contributed by atoms with Crippen molar-refractivity contribution < 1.29 is 0 Å². The van der Waals surface area contributed by atoms with Gasteiger partial charge in [-0.1, -0.05) is 26.7 Å². The van der Waals surface area contributed by atoms with Crippen molar-refractivity contribution in [3.63, 3.8) is 0 Å². The Hall–Kier alpha value is -0.0800. The predicted octanol–water partition coefficient (Wildman–Crippen LogP) is 3.40. The van der Waals surface area contributed by atoms with Crippen molar-refractivity contribution >= 4 is 0 Å². The third-order valence-corrected chi connectivity index (χ3v) is 5.90. The Morgan fingerprint density at radius 1 is 1.06 bits per heavy atom. The van der Waals surface area contributed by atoms with Gasteiger partial charge in [0, 0.05) is 18.1 Å². The van der Waals surface area contributed by atoms with Crippen LogP contribution in [-0.2, 0) is 0 Å². The molecule has 0 spiro atoms. The third kappa shape index (κ3) is 2.75. The number of nitrogens with two attached hydrogens (primary N) is 1. The van der Waals surface area contributed by atoms with E-state index >= 15 is 0 Å². The first kappa shape index (κ1) is 14.3. The normalized spacial score (nSPS) is 42.2. The molecule has 2 fully saturated rings. The van der Waals surface area contributed by atoms with Crippen LogP contribution in [0.1, 0.15) is 65.2 Å². The van der Waals surface area contributed by atoms with Crippen molar-refractivity contribution in [3.8, 4) is 0 Å². The van der Waals surface area contributed by atoms with E-state index in [-0.39, 0.29) is 0 Å². The van der Waals surface area contributed by atoms with Gasteiger partial charge in [0.15, 0.2) is 0 Å². The summed E-state index contributed by atoms with van der Waals surface area (Å²) in [5.74, 6) is 1.76. The first-order valence-electron chi connectivity index (χ1n) is 8.02. The Kier molecular flexibility index (Phi) is 4.71. The maximum Gasteiger partial charge on any atom is 0.0331 e. The first-order valence-corrected chi connectivity index (χ1v) is 8.02. The maximum atomic E-state index is 6.20. The van der Waals surface area contributed by atoms with Crippen LogP contribution < -0.4 is 5.73 Å². The van der Waals surface area contributed by atoms with Crippen molar-refractivity contribution in [3.05, 3.63) is 0 Å². The molecule has 0 saturated heterocycles. The zero-order chi connectivity index (χ0) is 13.2. The zero-order valence-corrected chi connectivity index (χ0v) is 12.6. The van der Waals surface area contributed by atoms with Crippen LogP contribution in [0.15, 0.2) is 0 Å². The number of nitrogens with zero attached hydrogens (tertiary/aromatic N) is 1. The molecule has 106 valence electrons. The topological polar surface area (TPSA) is 29.3 Å². The molecule has 0 aromatic rings. The van der Waals surface area contributed by atoms with E-state index in [0.717, 1.165) is 24.4 Å². The minimum atomic E-state index is 0.308. The lowest BCUT2D eigenvalue weighted by molar-refractivity contribution is -0.000175. The lowest BCUT2D eigenvalue weighted by atomic mass is 9.73. The predicted molar refractivity (Wildman–Crippen MR) is 78.6 cm³/mol. The number of hydrogen-bond acceptors (Lipinski definition) is 2. The highest BCUT2D eigenvalue weighted by molar-refractivity contribution is 4.98. The van der Waals surface area contributed by atoms with Crippen LogP contribution in [0.4, 0.5) is 0 Å². The molecule has 0 aromatic heterocycles. The number of rotatable bonds is 3. The lowest BCUT2D eigenvalue weighted by Gasteiger charge is -2.51. The summed E-state index contributed by atoms with van der Waals surface area (Å²) in [5, 5.41) is 0. The Bertz CT molecular complexity index is 256. The van der Waals surface area contributed by atoms with Crippen LogP contribution in [0.25, 0.3) is 0 Å². The fourth-order valence-electron chi connectivity index (χ4n) is 4.22. The maximum absolute atomic E-state index is 6.20. The van der Waals surface area contributed by atoms with Gasteiger partial charge in [-0.3, -0.25) is 4.90 Å². The summed E-state index contributed by atoms with van der Waals surface area (Å²) >= 11 is 0. The van der Waals surface area contributed by atoms with Crippen LogP contribution in [0.5, 0.6) is 0 Å². The van der Waals surface area contributed by atoms with Gasteiger partial charge in [-0.15, -0.1) is 0 Å². The van der Waals surface area contributed by atoms with Gasteiger partial charge in [0.05, 0.1) is 0 Å². The molecule has 18 heavy (non-hydrogen) atoms. The molecule has 0 heterocycles. The minimum Gasteiger partial charge on any atom is -0.329 e. The third-order valence-electron chi connectivity index (χ3n) is 5.90. The molecule has 2 saturated carbocycles. The Morgan fingerprint density at radius 3 is 2.22 bits per heavy atom. The smallest absolute Gasteiger partial charge is 0.0331 e. The van der Waals surface area contributed by atoms with E-state index in [2.05, 4.69) is 25.8 Å². The van der Waals surface area contributed by atoms with Crippen LogP contribution in [-0.4, -0.2) is 30.1 Å². The summed E-state index contributed by atoms with van der Waals surface area (Å²) in [6, 6.07) is 0.774. The second-order valence-corrected chi connectivity index (χ2v) is 7.05. The van der Waals surface area contributed by atoms with Gasteiger partial charge in [-0.2, -0.15) is 0 Å². The molecule has 0 radical (unpaired) electrons. The number of likely N-dealkylation sites (N-methyl/N-ethyl adjacent to an activating group) is 1. The molecule has 2 N–H and O–H groups in total. The van der Waals surface area contributed by atoms with E-state index in [1.165, 1.54) is 51.4 Å². The summed E-state index contributed by atoms with van der Waals surface area (Å²) in [7, 11) is 2.36. The fraction of sp³-hybridized carbons (Fsp3) is 1.00. The fourth-order valence-corrected chi connectivity index (χ4v) is 4.22. The second kappa shape index (κ2) is 5.92. The molecule has 0 aliphatic heterocycles. The molecule has 0 amide bonds. The molecule has 2 unspecified atom stereocenters. The number of hydrogen-bond donors (Lipinski definition) is 1. The second-order valence-electron chi connectivity index (χ2n) is 7.05. The van der Waals surface area contributed by atoms with Crippen molar-refractivity contribution in [2.24, 2.45) is 17.6 Å². The summed E-state index contributed by atoms with van der Waals surface area (Å²) in [4.78, 5) is 2.70. The molecular weight excluding hydrogens is 220 g/mol. The lowest BCUT2D eigenvalue weighted by Crippen LogP contribution is -2.59. The molecule has 0 aromatic carbocycles. The summed E-state index contributed by atoms with van der Waals surface area (Å²) in [6.07, 6.45) is 11.0. The molecule has 0 bridgehead atoms. The Labute approximate surface area is 113 Å².